The fourth-order valence-electron chi connectivity index (χ4n) is 1.75. The molecule has 0 spiro atoms. The van der Waals surface area contributed by atoms with Crippen LogP contribution in [0.5, 0.6) is 0 Å². The van der Waals surface area contributed by atoms with Crippen LogP contribution in [0.4, 0.5) is 5.69 Å². The minimum absolute atomic E-state index is 0.0738. The van der Waals surface area contributed by atoms with Gasteiger partial charge in [0.15, 0.2) is 0 Å². The van der Waals surface area contributed by atoms with Crippen LogP contribution >= 0.6 is 34.2 Å². The van der Waals surface area contributed by atoms with Crippen LogP contribution in [-0.4, -0.2) is 8.42 Å². The number of sulfonamides is 1. The van der Waals surface area contributed by atoms with E-state index in [-0.39, 0.29) is 5.75 Å². The molecule has 1 N–H and O–H groups in total. The molecule has 6 heteroatoms. The predicted molar refractivity (Wildman–Crippen MR) is 91.6 cm³/mol. The second-order valence-electron chi connectivity index (χ2n) is 4.45. The normalized spacial score (nSPS) is 11.3. The van der Waals surface area contributed by atoms with Crippen LogP contribution in [-0.2, 0) is 15.8 Å². The SMILES string of the molecule is Cc1cc(I)ccc1NS(=O)(=O)Cc1ccc(Cl)cc1. The zero-order chi connectivity index (χ0) is 14.8. The van der Waals surface area contributed by atoms with E-state index < -0.39 is 10.0 Å². The largest absolute Gasteiger partial charge is 0.283 e. The Morgan fingerprint density at radius 3 is 2.40 bits per heavy atom. The van der Waals surface area contributed by atoms with Crippen molar-refractivity contribution in [3.63, 3.8) is 0 Å². The molecule has 0 bridgehead atoms. The van der Waals surface area contributed by atoms with Gasteiger partial charge >= 0.3 is 0 Å². The molecule has 0 unspecified atom stereocenters. The van der Waals surface area contributed by atoms with Gasteiger partial charge < -0.3 is 0 Å². The maximum Gasteiger partial charge on any atom is 0.236 e. The van der Waals surface area contributed by atoms with E-state index in [4.69, 9.17) is 11.6 Å². The van der Waals surface area contributed by atoms with Crippen LogP contribution in [0.2, 0.25) is 5.02 Å². The van der Waals surface area contributed by atoms with Gasteiger partial charge in [0.25, 0.3) is 0 Å². The smallest absolute Gasteiger partial charge is 0.236 e. The van der Waals surface area contributed by atoms with Crippen LogP contribution in [0.15, 0.2) is 42.5 Å². The molecular weight excluding hydrogens is 409 g/mol. The Morgan fingerprint density at radius 2 is 1.80 bits per heavy atom. The topological polar surface area (TPSA) is 46.2 Å². The molecule has 0 heterocycles. The second-order valence-corrected chi connectivity index (χ2v) is 7.85. The molecule has 0 radical (unpaired) electrons. The molecule has 106 valence electrons. The van der Waals surface area contributed by atoms with Gasteiger partial charge in [-0.15, -0.1) is 0 Å². The van der Waals surface area contributed by atoms with Crippen molar-refractivity contribution < 1.29 is 8.42 Å². The number of anilines is 1. The zero-order valence-corrected chi connectivity index (χ0v) is 14.5. The van der Waals surface area contributed by atoms with Gasteiger partial charge in [-0.3, -0.25) is 4.72 Å². The lowest BCUT2D eigenvalue weighted by Gasteiger charge is -2.11. The Bertz CT molecular complexity index is 714. The van der Waals surface area contributed by atoms with E-state index in [0.717, 1.165) is 9.13 Å². The third kappa shape index (κ3) is 4.36. The molecule has 0 saturated heterocycles. The summed E-state index contributed by atoms with van der Waals surface area (Å²) in [6.07, 6.45) is 0. The van der Waals surface area contributed by atoms with Crippen molar-refractivity contribution >= 4 is 49.9 Å². The van der Waals surface area contributed by atoms with Crippen LogP contribution < -0.4 is 4.72 Å². The Hall–Kier alpha value is -0.790. The molecule has 20 heavy (non-hydrogen) atoms. The number of benzene rings is 2. The van der Waals surface area contributed by atoms with E-state index in [9.17, 15) is 8.42 Å². The molecule has 3 nitrogen and oxygen atoms in total. The number of halogens is 2. The van der Waals surface area contributed by atoms with Gasteiger partial charge in [0.1, 0.15) is 0 Å². The summed E-state index contributed by atoms with van der Waals surface area (Å²) in [7, 11) is -3.43. The highest BCUT2D eigenvalue weighted by molar-refractivity contribution is 14.1. The molecule has 0 aliphatic heterocycles. The fourth-order valence-corrected chi connectivity index (χ4v) is 3.79. The van der Waals surface area contributed by atoms with Crippen LogP contribution in [0.1, 0.15) is 11.1 Å². The monoisotopic (exact) mass is 421 g/mol. The molecule has 0 aliphatic carbocycles. The Kier molecular flexibility index (Phi) is 4.93. The lowest BCUT2D eigenvalue weighted by Crippen LogP contribution is -2.15. The minimum Gasteiger partial charge on any atom is -0.283 e. The summed E-state index contributed by atoms with van der Waals surface area (Å²) in [4.78, 5) is 0. The number of aryl methyl sites for hydroxylation is 1. The van der Waals surface area contributed by atoms with Gasteiger partial charge in [0.2, 0.25) is 10.0 Å². The van der Waals surface area contributed by atoms with E-state index in [1.54, 1.807) is 30.3 Å². The molecule has 0 amide bonds. The summed E-state index contributed by atoms with van der Waals surface area (Å²) in [6.45, 7) is 1.88. The average molecular weight is 422 g/mol. The average Bonchev–Trinajstić information content (AvgIpc) is 2.35. The number of rotatable bonds is 4. The number of hydrogen-bond acceptors (Lipinski definition) is 2. The summed E-state index contributed by atoms with van der Waals surface area (Å²) >= 11 is 7.97. The molecule has 0 atom stereocenters. The number of nitrogens with one attached hydrogen (secondary N) is 1. The Balaban J connectivity index is 2.17. The van der Waals surface area contributed by atoms with Crippen LogP contribution in [0.3, 0.4) is 0 Å². The molecule has 0 fully saturated rings. The molecule has 0 aliphatic rings. The summed E-state index contributed by atoms with van der Waals surface area (Å²) in [5.74, 6) is -0.0738. The summed E-state index contributed by atoms with van der Waals surface area (Å²) in [5.41, 5.74) is 2.21. The van der Waals surface area contributed by atoms with E-state index in [0.29, 0.717) is 16.3 Å². The van der Waals surface area contributed by atoms with Gasteiger partial charge in [0.05, 0.1) is 11.4 Å². The van der Waals surface area contributed by atoms with E-state index in [1.807, 2.05) is 19.1 Å². The molecule has 2 aromatic rings. The van der Waals surface area contributed by atoms with Crippen LogP contribution in [0, 0.1) is 10.5 Å². The van der Waals surface area contributed by atoms with Crippen molar-refractivity contribution in [1.82, 2.24) is 0 Å². The predicted octanol–water partition coefficient (Wildman–Crippen LogP) is 4.19. The molecular formula is C14H13ClINO2S. The van der Waals surface area contributed by atoms with Gasteiger partial charge in [-0.2, -0.15) is 0 Å². The first-order valence-electron chi connectivity index (χ1n) is 5.87. The third-order valence-electron chi connectivity index (χ3n) is 2.72. The Morgan fingerprint density at radius 1 is 1.15 bits per heavy atom. The van der Waals surface area contributed by atoms with Gasteiger partial charge in [-0.05, 0) is 71.0 Å². The molecule has 0 saturated carbocycles. The highest BCUT2D eigenvalue weighted by Crippen LogP contribution is 2.20. The quantitative estimate of drug-likeness (QED) is 0.752. The second kappa shape index (κ2) is 6.32. The third-order valence-corrected chi connectivity index (χ3v) is 4.89. The van der Waals surface area contributed by atoms with Crippen molar-refractivity contribution in [3.05, 3.63) is 62.2 Å². The highest BCUT2D eigenvalue weighted by Gasteiger charge is 2.13. The van der Waals surface area contributed by atoms with Gasteiger partial charge in [-0.25, -0.2) is 8.42 Å². The summed E-state index contributed by atoms with van der Waals surface area (Å²) in [6, 6.07) is 12.4. The fraction of sp³-hybridized carbons (Fsp3) is 0.143. The van der Waals surface area contributed by atoms with Gasteiger partial charge in [0, 0.05) is 8.59 Å². The van der Waals surface area contributed by atoms with Crippen molar-refractivity contribution in [1.29, 1.82) is 0 Å². The van der Waals surface area contributed by atoms with E-state index >= 15 is 0 Å². The van der Waals surface area contributed by atoms with Crippen molar-refractivity contribution in [2.45, 2.75) is 12.7 Å². The first-order valence-corrected chi connectivity index (χ1v) is 8.98. The lowest BCUT2D eigenvalue weighted by molar-refractivity contribution is 0.600. The molecule has 2 aromatic carbocycles. The van der Waals surface area contributed by atoms with Crippen molar-refractivity contribution in [2.24, 2.45) is 0 Å². The highest BCUT2D eigenvalue weighted by atomic mass is 127. The number of hydrogen-bond donors (Lipinski definition) is 1. The van der Waals surface area contributed by atoms with Gasteiger partial charge in [-0.1, -0.05) is 23.7 Å². The van der Waals surface area contributed by atoms with Crippen molar-refractivity contribution in [2.75, 3.05) is 4.72 Å². The summed E-state index contributed by atoms with van der Waals surface area (Å²) < 4.78 is 28.0. The first kappa shape index (κ1) is 15.6. The first-order chi connectivity index (χ1) is 9.35. The standard InChI is InChI=1S/C14H13ClINO2S/c1-10-8-13(16)6-7-14(10)17-20(18,19)9-11-2-4-12(15)5-3-11/h2-8,17H,9H2,1H3. The van der Waals surface area contributed by atoms with E-state index in [1.165, 1.54) is 0 Å². The molecule has 2 rings (SSSR count). The maximum atomic E-state index is 12.1. The maximum absolute atomic E-state index is 12.1. The van der Waals surface area contributed by atoms with E-state index in [2.05, 4.69) is 27.3 Å². The lowest BCUT2D eigenvalue weighted by atomic mass is 10.2. The Labute approximate surface area is 137 Å². The minimum atomic E-state index is -3.43. The van der Waals surface area contributed by atoms with Crippen molar-refractivity contribution in [3.8, 4) is 0 Å². The molecule has 0 aromatic heterocycles. The summed E-state index contributed by atoms with van der Waals surface area (Å²) in [5, 5.41) is 0.590. The zero-order valence-electron chi connectivity index (χ0n) is 10.7. The van der Waals surface area contributed by atoms with Crippen LogP contribution in [0.25, 0.3) is 0 Å².